The third-order valence-corrected chi connectivity index (χ3v) is 6.26. The molecule has 1 N–H and O–H groups in total. The molecule has 0 spiro atoms. The molecule has 3 aromatic rings. The van der Waals surface area contributed by atoms with Crippen LogP contribution in [0.3, 0.4) is 0 Å². The van der Waals surface area contributed by atoms with Crippen molar-refractivity contribution < 1.29 is 33.4 Å². The smallest absolute Gasteiger partial charge is 0.337 e. The second-order valence-electron chi connectivity index (χ2n) is 8.58. The van der Waals surface area contributed by atoms with Gasteiger partial charge in [-0.05, 0) is 60.5 Å². The van der Waals surface area contributed by atoms with Crippen LogP contribution in [-0.2, 0) is 27.3 Å². The Morgan fingerprint density at radius 3 is 2.54 bits per heavy atom. The van der Waals surface area contributed by atoms with Gasteiger partial charge in [0.25, 0.3) is 11.7 Å². The molecule has 1 fully saturated rings. The molecule has 178 valence electrons. The number of nitrogens with zero attached hydrogens (tertiary/aromatic N) is 1. The first kappa shape index (κ1) is 22.5. The van der Waals surface area contributed by atoms with Gasteiger partial charge in [-0.15, -0.1) is 0 Å². The van der Waals surface area contributed by atoms with Crippen molar-refractivity contribution in [1.29, 1.82) is 0 Å². The van der Waals surface area contributed by atoms with Crippen LogP contribution in [0.5, 0.6) is 5.75 Å². The molecule has 1 amide bonds. The van der Waals surface area contributed by atoms with Crippen molar-refractivity contribution in [2.24, 2.45) is 0 Å². The van der Waals surface area contributed by atoms with Gasteiger partial charge in [0, 0.05) is 12.0 Å². The first-order valence-corrected chi connectivity index (χ1v) is 11.2. The standard InChI is InChI=1S/C27H23NO7/c1-15-12-19-13-18(9-10-21(19)35-15)24(29)22-23(16-5-7-17(8-6-16)27(32)33-2)28(26(31)25(22)30)14-20-4-3-11-34-20/h3-11,13,15,23,29H,12,14H2,1-2H3/t15-,23-/m1/s1. The van der Waals surface area contributed by atoms with Crippen molar-refractivity contribution in [3.8, 4) is 5.75 Å². The molecule has 1 aromatic heterocycles. The fourth-order valence-electron chi connectivity index (χ4n) is 4.60. The van der Waals surface area contributed by atoms with Crippen LogP contribution in [0.1, 0.15) is 45.8 Å². The molecule has 1 saturated heterocycles. The highest BCUT2D eigenvalue weighted by molar-refractivity contribution is 6.46. The Hall–Kier alpha value is -4.33. The number of furan rings is 1. The zero-order chi connectivity index (χ0) is 24.7. The number of ether oxygens (including phenoxy) is 2. The Morgan fingerprint density at radius 1 is 1.11 bits per heavy atom. The average Bonchev–Trinajstić information content (AvgIpc) is 3.57. The van der Waals surface area contributed by atoms with Crippen LogP contribution in [-0.4, -0.2) is 40.9 Å². The summed E-state index contributed by atoms with van der Waals surface area (Å²) in [6, 6.07) is 14.1. The number of esters is 1. The minimum Gasteiger partial charge on any atom is -0.507 e. The maximum atomic E-state index is 13.2. The fourth-order valence-corrected chi connectivity index (χ4v) is 4.60. The first-order valence-electron chi connectivity index (χ1n) is 11.2. The van der Waals surface area contributed by atoms with Gasteiger partial charge in [-0.2, -0.15) is 0 Å². The maximum Gasteiger partial charge on any atom is 0.337 e. The van der Waals surface area contributed by atoms with E-state index in [9.17, 15) is 19.5 Å². The third-order valence-electron chi connectivity index (χ3n) is 6.26. The largest absolute Gasteiger partial charge is 0.507 e. The lowest BCUT2D eigenvalue weighted by atomic mass is 9.94. The minimum atomic E-state index is -0.879. The number of carbonyl (C=O) groups excluding carboxylic acids is 3. The van der Waals surface area contributed by atoms with Crippen molar-refractivity contribution >= 4 is 23.4 Å². The Kier molecular flexibility index (Phi) is 5.64. The quantitative estimate of drug-likeness (QED) is 0.258. The summed E-state index contributed by atoms with van der Waals surface area (Å²) in [5.74, 6) is -1.08. The number of hydrogen-bond donors (Lipinski definition) is 1. The van der Waals surface area contributed by atoms with E-state index in [2.05, 4.69) is 0 Å². The third kappa shape index (κ3) is 3.97. The molecule has 0 radical (unpaired) electrons. The second-order valence-corrected chi connectivity index (χ2v) is 8.58. The summed E-state index contributed by atoms with van der Waals surface area (Å²) < 4.78 is 15.9. The summed E-state index contributed by atoms with van der Waals surface area (Å²) >= 11 is 0. The van der Waals surface area contributed by atoms with Crippen LogP contribution in [0, 0.1) is 0 Å². The zero-order valence-electron chi connectivity index (χ0n) is 19.2. The molecule has 3 heterocycles. The zero-order valence-corrected chi connectivity index (χ0v) is 19.2. The monoisotopic (exact) mass is 473 g/mol. The van der Waals surface area contributed by atoms with Crippen LogP contribution in [0.2, 0.25) is 0 Å². The molecule has 0 unspecified atom stereocenters. The molecular formula is C27H23NO7. The van der Waals surface area contributed by atoms with Gasteiger partial charge in [0.15, 0.2) is 0 Å². The van der Waals surface area contributed by atoms with Gasteiger partial charge in [0.2, 0.25) is 0 Å². The van der Waals surface area contributed by atoms with E-state index in [-0.39, 0.29) is 24.0 Å². The first-order chi connectivity index (χ1) is 16.9. The van der Waals surface area contributed by atoms with Gasteiger partial charge >= 0.3 is 5.97 Å². The lowest BCUT2D eigenvalue weighted by Gasteiger charge is -2.24. The van der Waals surface area contributed by atoms with Gasteiger partial charge in [-0.1, -0.05) is 12.1 Å². The number of carbonyl (C=O) groups is 3. The highest BCUT2D eigenvalue weighted by Gasteiger charge is 2.46. The number of aliphatic hydroxyl groups excluding tert-OH is 1. The Balaban J connectivity index is 1.61. The van der Waals surface area contributed by atoms with Crippen molar-refractivity contribution in [1.82, 2.24) is 4.90 Å². The van der Waals surface area contributed by atoms with Crippen LogP contribution in [0.15, 0.2) is 70.9 Å². The second kappa shape index (κ2) is 8.79. The van der Waals surface area contributed by atoms with Gasteiger partial charge in [0.05, 0.1) is 37.1 Å². The van der Waals surface area contributed by atoms with Crippen molar-refractivity contribution in [3.05, 3.63) is 94.4 Å². The van der Waals surface area contributed by atoms with E-state index in [0.717, 1.165) is 11.3 Å². The van der Waals surface area contributed by atoms with Gasteiger partial charge < -0.3 is 23.9 Å². The topological polar surface area (TPSA) is 106 Å². The molecule has 8 heteroatoms. The summed E-state index contributed by atoms with van der Waals surface area (Å²) in [5, 5.41) is 11.3. The molecule has 0 aliphatic carbocycles. The minimum absolute atomic E-state index is 0.0228. The van der Waals surface area contributed by atoms with Crippen molar-refractivity contribution in [2.75, 3.05) is 7.11 Å². The molecule has 2 aliphatic heterocycles. The summed E-state index contributed by atoms with van der Waals surface area (Å²) in [6.07, 6.45) is 2.19. The van der Waals surface area contributed by atoms with Crippen LogP contribution < -0.4 is 4.74 Å². The molecular weight excluding hydrogens is 450 g/mol. The highest BCUT2D eigenvalue weighted by Crippen LogP contribution is 2.41. The van der Waals surface area contributed by atoms with Gasteiger partial charge in [0.1, 0.15) is 23.4 Å². The van der Waals surface area contributed by atoms with Crippen LogP contribution in [0.4, 0.5) is 0 Å². The number of likely N-dealkylation sites (tertiary alicyclic amines) is 1. The molecule has 8 nitrogen and oxygen atoms in total. The summed E-state index contributed by atoms with van der Waals surface area (Å²) in [7, 11) is 1.29. The van der Waals surface area contributed by atoms with E-state index >= 15 is 0 Å². The summed E-state index contributed by atoms with van der Waals surface area (Å²) in [6.45, 7) is 1.99. The van der Waals surface area contributed by atoms with Gasteiger partial charge in [-0.25, -0.2) is 4.79 Å². The number of hydrogen-bond acceptors (Lipinski definition) is 7. The molecule has 2 aromatic carbocycles. The van der Waals surface area contributed by atoms with E-state index < -0.39 is 23.7 Å². The van der Waals surface area contributed by atoms with Crippen LogP contribution in [0.25, 0.3) is 5.76 Å². The average molecular weight is 473 g/mol. The number of benzene rings is 2. The molecule has 5 rings (SSSR count). The van der Waals surface area contributed by atoms with E-state index in [1.54, 1.807) is 54.6 Å². The number of aliphatic hydroxyl groups is 1. The Morgan fingerprint density at radius 2 is 1.86 bits per heavy atom. The van der Waals surface area contributed by atoms with Gasteiger partial charge in [-0.3, -0.25) is 9.59 Å². The molecule has 35 heavy (non-hydrogen) atoms. The van der Waals surface area contributed by atoms with E-state index in [1.165, 1.54) is 18.3 Å². The molecule has 0 saturated carbocycles. The lowest BCUT2D eigenvalue weighted by Crippen LogP contribution is -2.29. The van der Waals surface area contributed by atoms with Crippen molar-refractivity contribution in [3.63, 3.8) is 0 Å². The number of rotatable bonds is 5. The predicted octanol–water partition coefficient (Wildman–Crippen LogP) is 4.01. The highest BCUT2D eigenvalue weighted by atomic mass is 16.5. The fraction of sp³-hybridized carbons (Fsp3) is 0.222. The lowest BCUT2D eigenvalue weighted by molar-refractivity contribution is -0.140. The number of amides is 1. The predicted molar refractivity (Wildman–Crippen MR) is 125 cm³/mol. The number of ketones is 1. The van der Waals surface area contributed by atoms with Crippen LogP contribution >= 0.6 is 0 Å². The number of Topliss-reactive ketones (excluding diaryl/α,β-unsaturated/α-hetero) is 1. The molecule has 2 atom stereocenters. The Bertz CT molecular complexity index is 1340. The Labute approximate surface area is 201 Å². The normalized spacial score (nSPS) is 20.6. The van der Waals surface area contributed by atoms with E-state index in [4.69, 9.17) is 13.9 Å². The number of fused-ring (bicyclic) bond motifs is 1. The maximum absolute atomic E-state index is 13.2. The molecule has 2 aliphatic rings. The number of methoxy groups -OCH3 is 1. The SMILES string of the molecule is COC(=O)c1ccc([C@@H]2C(=C(O)c3ccc4c(c3)C[C@@H](C)O4)C(=O)C(=O)N2Cc2ccco2)cc1. The summed E-state index contributed by atoms with van der Waals surface area (Å²) in [4.78, 5) is 39.6. The van der Waals surface area contributed by atoms with Crippen molar-refractivity contribution in [2.45, 2.75) is 32.0 Å². The van der Waals surface area contributed by atoms with E-state index in [1.807, 2.05) is 6.92 Å². The van der Waals surface area contributed by atoms with E-state index in [0.29, 0.717) is 28.9 Å². The summed E-state index contributed by atoms with van der Waals surface area (Å²) in [5.41, 5.74) is 2.20. The molecule has 0 bridgehead atoms.